The van der Waals surface area contributed by atoms with Crippen LogP contribution in [0.2, 0.25) is 0 Å². The van der Waals surface area contributed by atoms with Gasteiger partial charge in [-0.2, -0.15) is 0 Å². The number of nitrogen functional groups attached to an aromatic ring is 1. The molecule has 0 spiro atoms. The average molecular weight is 222 g/mol. The maximum absolute atomic E-state index is 11.9. The molecule has 78 valence electrons. The summed E-state index contributed by atoms with van der Waals surface area (Å²) in [5.74, 6) is 0. The maximum atomic E-state index is 11.9. The summed E-state index contributed by atoms with van der Waals surface area (Å²) in [5.41, 5.74) is 5.96. The van der Waals surface area contributed by atoms with Crippen LogP contribution < -0.4 is 11.3 Å². The van der Waals surface area contributed by atoms with Gasteiger partial charge in [0.2, 0.25) is 5.13 Å². The van der Waals surface area contributed by atoms with E-state index in [1.807, 2.05) is 13.0 Å². The molecule has 2 rings (SSSR count). The summed E-state index contributed by atoms with van der Waals surface area (Å²) in [6.45, 7) is 2.56. The van der Waals surface area contributed by atoms with E-state index < -0.39 is 0 Å². The molecule has 0 amide bonds. The molecule has 0 aliphatic heterocycles. The van der Waals surface area contributed by atoms with Crippen LogP contribution in [0.5, 0.6) is 0 Å². The topological polar surface area (TPSA) is 73.8 Å². The Bertz CT molecular complexity index is 531. The fourth-order valence-corrected chi connectivity index (χ4v) is 1.92. The van der Waals surface area contributed by atoms with E-state index in [0.717, 1.165) is 0 Å². The van der Waals surface area contributed by atoms with Crippen molar-refractivity contribution in [3.63, 3.8) is 0 Å². The average Bonchev–Trinajstić information content (AvgIpc) is 2.65. The molecule has 2 N–H and O–H groups in total. The fraction of sp³-hybridized carbons (Fsp3) is 0.222. The fourth-order valence-electron chi connectivity index (χ4n) is 1.29. The molecular weight excluding hydrogens is 212 g/mol. The van der Waals surface area contributed by atoms with Gasteiger partial charge >= 0.3 is 0 Å². The van der Waals surface area contributed by atoms with E-state index in [0.29, 0.717) is 22.2 Å². The van der Waals surface area contributed by atoms with Gasteiger partial charge in [-0.1, -0.05) is 11.3 Å². The van der Waals surface area contributed by atoms with Crippen LogP contribution in [0.15, 0.2) is 23.1 Å². The Kier molecular flexibility index (Phi) is 2.51. The van der Waals surface area contributed by atoms with Crippen molar-refractivity contribution in [2.24, 2.45) is 0 Å². The zero-order chi connectivity index (χ0) is 10.8. The SMILES string of the molecule is CCn1cccc(-c2nnc(N)s2)c1=O. The lowest BCUT2D eigenvalue weighted by atomic mass is 10.3. The summed E-state index contributed by atoms with van der Waals surface area (Å²) < 4.78 is 1.62. The zero-order valence-corrected chi connectivity index (χ0v) is 8.99. The van der Waals surface area contributed by atoms with Gasteiger partial charge in [0.1, 0.15) is 0 Å². The summed E-state index contributed by atoms with van der Waals surface area (Å²) in [6.07, 6.45) is 1.75. The number of aryl methyl sites for hydroxylation is 1. The normalized spacial score (nSPS) is 10.5. The molecular formula is C9H10N4OS. The molecule has 2 aromatic rings. The molecule has 2 heterocycles. The first-order chi connectivity index (χ1) is 7.22. The van der Waals surface area contributed by atoms with Crippen molar-refractivity contribution < 1.29 is 0 Å². The highest BCUT2D eigenvalue weighted by molar-refractivity contribution is 7.18. The van der Waals surface area contributed by atoms with Crippen molar-refractivity contribution in [3.05, 3.63) is 28.7 Å². The highest BCUT2D eigenvalue weighted by atomic mass is 32.1. The van der Waals surface area contributed by atoms with E-state index in [2.05, 4.69) is 10.2 Å². The molecule has 0 radical (unpaired) electrons. The van der Waals surface area contributed by atoms with Crippen molar-refractivity contribution in [2.45, 2.75) is 13.5 Å². The molecule has 15 heavy (non-hydrogen) atoms. The minimum atomic E-state index is -0.0591. The molecule has 0 aliphatic carbocycles. The first-order valence-corrected chi connectivity index (χ1v) is 5.33. The molecule has 0 atom stereocenters. The number of aromatic nitrogens is 3. The monoisotopic (exact) mass is 222 g/mol. The molecule has 0 saturated carbocycles. The third-order valence-corrected chi connectivity index (χ3v) is 2.82. The van der Waals surface area contributed by atoms with Gasteiger partial charge in [0, 0.05) is 12.7 Å². The number of hydrogen-bond donors (Lipinski definition) is 1. The predicted octanol–water partition coefficient (Wildman–Crippen LogP) is 0.969. The number of hydrogen-bond acceptors (Lipinski definition) is 5. The van der Waals surface area contributed by atoms with E-state index in [4.69, 9.17) is 5.73 Å². The van der Waals surface area contributed by atoms with E-state index in [-0.39, 0.29) is 5.56 Å². The lowest BCUT2D eigenvalue weighted by Gasteiger charge is -2.01. The van der Waals surface area contributed by atoms with Crippen LogP contribution in [-0.4, -0.2) is 14.8 Å². The minimum Gasteiger partial charge on any atom is -0.374 e. The van der Waals surface area contributed by atoms with Gasteiger partial charge in [0.15, 0.2) is 5.01 Å². The van der Waals surface area contributed by atoms with Gasteiger partial charge in [-0.05, 0) is 19.1 Å². The van der Waals surface area contributed by atoms with Crippen molar-refractivity contribution in [2.75, 3.05) is 5.73 Å². The molecule has 0 saturated heterocycles. The van der Waals surface area contributed by atoms with Gasteiger partial charge < -0.3 is 10.3 Å². The van der Waals surface area contributed by atoms with Gasteiger partial charge in [0.25, 0.3) is 5.56 Å². The summed E-state index contributed by atoms with van der Waals surface area (Å²) in [6, 6.07) is 3.55. The number of rotatable bonds is 2. The van der Waals surface area contributed by atoms with Crippen molar-refractivity contribution >= 4 is 16.5 Å². The highest BCUT2D eigenvalue weighted by Crippen LogP contribution is 2.21. The summed E-state index contributed by atoms with van der Waals surface area (Å²) in [4.78, 5) is 11.9. The summed E-state index contributed by atoms with van der Waals surface area (Å²) in [5, 5.41) is 8.48. The van der Waals surface area contributed by atoms with Crippen LogP contribution in [-0.2, 0) is 6.54 Å². The Labute approximate surface area is 90.2 Å². The molecule has 5 nitrogen and oxygen atoms in total. The second kappa shape index (κ2) is 3.82. The van der Waals surface area contributed by atoms with Gasteiger partial charge in [-0.25, -0.2) is 0 Å². The first-order valence-electron chi connectivity index (χ1n) is 4.51. The van der Waals surface area contributed by atoms with Crippen LogP contribution in [0.4, 0.5) is 5.13 Å². The van der Waals surface area contributed by atoms with Gasteiger partial charge in [-0.3, -0.25) is 4.79 Å². The van der Waals surface area contributed by atoms with Crippen molar-refractivity contribution in [1.82, 2.24) is 14.8 Å². The van der Waals surface area contributed by atoms with Crippen molar-refractivity contribution in [1.29, 1.82) is 0 Å². The van der Waals surface area contributed by atoms with Crippen LogP contribution >= 0.6 is 11.3 Å². The van der Waals surface area contributed by atoms with Crippen molar-refractivity contribution in [3.8, 4) is 10.6 Å². The largest absolute Gasteiger partial charge is 0.374 e. The van der Waals surface area contributed by atoms with E-state index in [9.17, 15) is 4.79 Å². The van der Waals surface area contributed by atoms with E-state index in [1.54, 1.807) is 16.8 Å². The van der Waals surface area contributed by atoms with Gasteiger partial charge in [0.05, 0.1) is 5.56 Å². The standard InChI is InChI=1S/C9H10N4OS/c1-2-13-5-3-4-6(8(13)14)7-11-12-9(10)15-7/h3-5H,2H2,1H3,(H2,10,12). The summed E-state index contributed by atoms with van der Waals surface area (Å²) in [7, 11) is 0. The first kappa shape index (κ1) is 9.85. The smallest absolute Gasteiger partial charge is 0.260 e. The Morgan fingerprint density at radius 3 is 2.93 bits per heavy atom. The molecule has 2 aromatic heterocycles. The maximum Gasteiger partial charge on any atom is 0.260 e. The second-order valence-corrected chi connectivity index (χ2v) is 3.97. The number of nitrogens with zero attached hydrogens (tertiary/aromatic N) is 3. The molecule has 0 bridgehead atoms. The van der Waals surface area contributed by atoms with Gasteiger partial charge in [-0.15, -0.1) is 10.2 Å². The second-order valence-electron chi connectivity index (χ2n) is 2.96. The van der Waals surface area contributed by atoms with Crippen LogP contribution in [0, 0.1) is 0 Å². The Balaban J connectivity index is 2.58. The number of anilines is 1. The highest BCUT2D eigenvalue weighted by Gasteiger charge is 2.09. The quantitative estimate of drug-likeness (QED) is 0.821. The lowest BCUT2D eigenvalue weighted by molar-refractivity contribution is 0.728. The number of nitrogens with two attached hydrogens (primary N) is 1. The van der Waals surface area contributed by atoms with Crippen LogP contribution in [0.3, 0.4) is 0 Å². The van der Waals surface area contributed by atoms with Crippen LogP contribution in [0.25, 0.3) is 10.6 Å². The zero-order valence-electron chi connectivity index (χ0n) is 8.17. The predicted molar refractivity (Wildman–Crippen MR) is 59.7 cm³/mol. The molecule has 0 fully saturated rings. The Hall–Kier alpha value is -1.69. The lowest BCUT2D eigenvalue weighted by Crippen LogP contribution is -2.19. The molecule has 0 aromatic carbocycles. The Morgan fingerprint density at radius 1 is 1.53 bits per heavy atom. The Morgan fingerprint density at radius 2 is 2.33 bits per heavy atom. The third kappa shape index (κ3) is 1.75. The third-order valence-electron chi connectivity index (χ3n) is 2.03. The molecule has 6 heteroatoms. The summed E-state index contributed by atoms with van der Waals surface area (Å²) >= 11 is 1.22. The molecule has 0 aliphatic rings. The number of pyridine rings is 1. The van der Waals surface area contributed by atoms with E-state index in [1.165, 1.54) is 11.3 Å². The minimum absolute atomic E-state index is 0.0591. The molecule has 0 unspecified atom stereocenters. The van der Waals surface area contributed by atoms with Crippen LogP contribution in [0.1, 0.15) is 6.92 Å². The van der Waals surface area contributed by atoms with E-state index >= 15 is 0 Å².